The summed E-state index contributed by atoms with van der Waals surface area (Å²) in [6, 6.07) is 10.7. The van der Waals surface area contributed by atoms with Gasteiger partial charge in [0.05, 0.1) is 0 Å². The van der Waals surface area contributed by atoms with Crippen LogP contribution in [0.15, 0.2) is 30.3 Å². The smallest absolute Gasteiger partial charge is 0.251 e. The van der Waals surface area contributed by atoms with Crippen molar-refractivity contribution in [1.82, 2.24) is 4.90 Å². The van der Waals surface area contributed by atoms with Gasteiger partial charge >= 0.3 is 0 Å². The molecule has 3 rings (SSSR count). The van der Waals surface area contributed by atoms with Gasteiger partial charge < -0.3 is 9.64 Å². The topological polar surface area (TPSA) is 29.5 Å². The first-order chi connectivity index (χ1) is 9.79. The molecule has 1 unspecified atom stereocenters. The Kier molecular flexibility index (Phi) is 4.06. The molecule has 2 fully saturated rings. The molecule has 1 amide bonds. The predicted octanol–water partition coefficient (Wildman–Crippen LogP) is 2.82. The van der Waals surface area contributed by atoms with E-state index in [1.165, 1.54) is 5.56 Å². The van der Waals surface area contributed by atoms with Crippen molar-refractivity contribution in [2.45, 2.75) is 37.7 Å². The van der Waals surface area contributed by atoms with Crippen LogP contribution in [-0.2, 0) is 9.53 Å². The molecular weight excluding hydrogens is 250 g/mol. The summed E-state index contributed by atoms with van der Waals surface area (Å²) in [7, 11) is 1.66. The Bertz CT molecular complexity index is 447. The number of nitrogens with zero attached hydrogens (tertiary/aromatic N) is 1. The van der Waals surface area contributed by atoms with Crippen LogP contribution in [0.4, 0.5) is 0 Å². The fourth-order valence-corrected chi connectivity index (χ4v) is 3.23. The first-order valence-electron chi connectivity index (χ1n) is 7.66. The first kappa shape index (κ1) is 13.6. The van der Waals surface area contributed by atoms with Crippen molar-refractivity contribution >= 4 is 5.91 Å². The highest BCUT2D eigenvalue weighted by Crippen LogP contribution is 2.36. The van der Waals surface area contributed by atoms with Crippen LogP contribution in [0.2, 0.25) is 0 Å². The molecule has 0 aromatic heterocycles. The van der Waals surface area contributed by atoms with Crippen molar-refractivity contribution in [3.8, 4) is 0 Å². The average Bonchev–Trinajstić information content (AvgIpc) is 3.34. The molecule has 1 aromatic rings. The van der Waals surface area contributed by atoms with Crippen molar-refractivity contribution < 1.29 is 9.53 Å². The summed E-state index contributed by atoms with van der Waals surface area (Å²) < 4.78 is 5.41. The van der Waals surface area contributed by atoms with E-state index < -0.39 is 0 Å². The lowest BCUT2D eigenvalue weighted by atomic mass is 9.89. The summed E-state index contributed by atoms with van der Waals surface area (Å²) >= 11 is 0. The third kappa shape index (κ3) is 2.88. The maximum Gasteiger partial charge on any atom is 0.251 e. The lowest BCUT2D eigenvalue weighted by Gasteiger charge is -2.34. The third-order valence-corrected chi connectivity index (χ3v) is 4.63. The van der Waals surface area contributed by atoms with Gasteiger partial charge in [-0.2, -0.15) is 0 Å². The highest BCUT2D eigenvalue weighted by Gasteiger charge is 2.39. The van der Waals surface area contributed by atoms with Crippen molar-refractivity contribution in [2.75, 3.05) is 20.2 Å². The van der Waals surface area contributed by atoms with E-state index in [1.807, 2.05) is 4.90 Å². The minimum Gasteiger partial charge on any atom is -0.371 e. The molecule has 0 spiro atoms. The highest BCUT2D eigenvalue weighted by molar-refractivity contribution is 5.81. The third-order valence-electron chi connectivity index (χ3n) is 4.63. The van der Waals surface area contributed by atoms with Gasteiger partial charge in [-0.25, -0.2) is 0 Å². The summed E-state index contributed by atoms with van der Waals surface area (Å²) in [5.74, 6) is 1.28. The van der Waals surface area contributed by atoms with E-state index >= 15 is 0 Å². The van der Waals surface area contributed by atoms with Gasteiger partial charge in [0.15, 0.2) is 0 Å². The Morgan fingerprint density at radius 2 is 1.80 bits per heavy atom. The number of likely N-dealkylation sites (tertiary alicyclic amines) is 1. The number of benzene rings is 1. The number of methoxy groups -OCH3 is 1. The average molecular weight is 273 g/mol. The van der Waals surface area contributed by atoms with Crippen LogP contribution in [0.1, 0.15) is 37.2 Å². The van der Waals surface area contributed by atoms with Gasteiger partial charge in [-0.3, -0.25) is 4.79 Å². The number of rotatable bonds is 4. The molecule has 0 radical (unpaired) electrons. The van der Waals surface area contributed by atoms with E-state index in [9.17, 15) is 4.79 Å². The van der Waals surface area contributed by atoms with Crippen LogP contribution >= 0.6 is 0 Å². The SMILES string of the molecule is COC(C(=O)N1CCC(c2ccccc2)CC1)C1CC1. The van der Waals surface area contributed by atoms with Crippen LogP contribution in [-0.4, -0.2) is 37.1 Å². The van der Waals surface area contributed by atoms with E-state index in [0.29, 0.717) is 11.8 Å². The van der Waals surface area contributed by atoms with Crippen LogP contribution in [0.3, 0.4) is 0 Å². The Hall–Kier alpha value is -1.35. The Morgan fingerprint density at radius 1 is 1.15 bits per heavy atom. The summed E-state index contributed by atoms with van der Waals surface area (Å²) in [4.78, 5) is 14.5. The van der Waals surface area contributed by atoms with Crippen molar-refractivity contribution in [2.24, 2.45) is 5.92 Å². The molecule has 1 aliphatic carbocycles. The number of ether oxygens (including phenoxy) is 1. The molecule has 20 heavy (non-hydrogen) atoms. The largest absolute Gasteiger partial charge is 0.371 e. The molecule has 1 aromatic carbocycles. The van der Waals surface area contributed by atoms with Crippen LogP contribution < -0.4 is 0 Å². The fourth-order valence-electron chi connectivity index (χ4n) is 3.23. The Morgan fingerprint density at radius 3 is 2.35 bits per heavy atom. The molecule has 0 bridgehead atoms. The van der Waals surface area contributed by atoms with E-state index in [-0.39, 0.29) is 12.0 Å². The Labute approximate surface area is 120 Å². The summed E-state index contributed by atoms with van der Waals surface area (Å²) in [6.07, 6.45) is 4.23. The highest BCUT2D eigenvalue weighted by atomic mass is 16.5. The summed E-state index contributed by atoms with van der Waals surface area (Å²) in [5.41, 5.74) is 1.41. The molecule has 1 atom stereocenters. The van der Waals surface area contributed by atoms with Gasteiger partial charge in [0.2, 0.25) is 0 Å². The van der Waals surface area contributed by atoms with Crippen LogP contribution in [0.25, 0.3) is 0 Å². The first-order valence-corrected chi connectivity index (χ1v) is 7.66. The standard InChI is InChI=1S/C17H23NO2/c1-20-16(15-7-8-15)17(19)18-11-9-14(10-12-18)13-5-3-2-4-6-13/h2-6,14-16H,7-12H2,1H3. The molecule has 1 saturated heterocycles. The second-order valence-electron chi connectivity index (χ2n) is 6.00. The van der Waals surface area contributed by atoms with Gasteiger partial charge in [-0.15, -0.1) is 0 Å². The molecule has 3 heteroatoms. The zero-order chi connectivity index (χ0) is 13.9. The zero-order valence-corrected chi connectivity index (χ0v) is 12.1. The number of hydrogen-bond donors (Lipinski definition) is 0. The quantitative estimate of drug-likeness (QED) is 0.844. The summed E-state index contributed by atoms with van der Waals surface area (Å²) in [5, 5.41) is 0. The van der Waals surface area contributed by atoms with E-state index in [0.717, 1.165) is 38.8 Å². The normalized spacial score (nSPS) is 21.8. The molecule has 108 valence electrons. The minimum atomic E-state index is -0.191. The van der Waals surface area contributed by atoms with Crippen molar-refractivity contribution in [3.63, 3.8) is 0 Å². The molecule has 2 aliphatic rings. The van der Waals surface area contributed by atoms with Gasteiger partial charge in [-0.05, 0) is 43.1 Å². The molecule has 1 saturated carbocycles. The van der Waals surface area contributed by atoms with E-state index in [4.69, 9.17) is 4.74 Å². The summed E-state index contributed by atoms with van der Waals surface area (Å²) in [6.45, 7) is 1.73. The van der Waals surface area contributed by atoms with Crippen LogP contribution in [0.5, 0.6) is 0 Å². The zero-order valence-electron chi connectivity index (χ0n) is 12.1. The second kappa shape index (κ2) is 5.96. The van der Waals surface area contributed by atoms with Crippen molar-refractivity contribution in [3.05, 3.63) is 35.9 Å². The number of piperidine rings is 1. The fraction of sp³-hybridized carbons (Fsp3) is 0.588. The maximum absolute atomic E-state index is 12.5. The maximum atomic E-state index is 12.5. The lowest BCUT2D eigenvalue weighted by molar-refractivity contribution is -0.144. The van der Waals surface area contributed by atoms with Crippen molar-refractivity contribution in [1.29, 1.82) is 0 Å². The number of carbonyl (C=O) groups is 1. The predicted molar refractivity (Wildman–Crippen MR) is 78.5 cm³/mol. The molecular formula is C17H23NO2. The monoisotopic (exact) mass is 273 g/mol. The second-order valence-corrected chi connectivity index (χ2v) is 6.00. The number of hydrogen-bond acceptors (Lipinski definition) is 2. The molecule has 1 aliphatic heterocycles. The van der Waals surface area contributed by atoms with Gasteiger partial charge in [-0.1, -0.05) is 30.3 Å². The van der Waals surface area contributed by atoms with E-state index in [1.54, 1.807) is 7.11 Å². The minimum absolute atomic E-state index is 0.191. The number of amides is 1. The van der Waals surface area contributed by atoms with Crippen LogP contribution in [0, 0.1) is 5.92 Å². The Balaban J connectivity index is 1.57. The van der Waals surface area contributed by atoms with E-state index in [2.05, 4.69) is 30.3 Å². The van der Waals surface area contributed by atoms with Gasteiger partial charge in [0.1, 0.15) is 6.10 Å². The lowest BCUT2D eigenvalue weighted by Crippen LogP contribution is -2.45. The molecule has 1 heterocycles. The number of carbonyl (C=O) groups excluding carboxylic acids is 1. The van der Waals surface area contributed by atoms with Gasteiger partial charge in [0, 0.05) is 20.2 Å². The molecule has 3 nitrogen and oxygen atoms in total. The molecule has 0 N–H and O–H groups in total. The van der Waals surface area contributed by atoms with Gasteiger partial charge in [0.25, 0.3) is 5.91 Å².